The third kappa shape index (κ3) is 2.97. The van der Waals surface area contributed by atoms with Gasteiger partial charge in [-0.05, 0) is 35.6 Å². The summed E-state index contributed by atoms with van der Waals surface area (Å²) < 4.78 is 16.3. The zero-order valence-electron chi connectivity index (χ0n) is 14.7. The van der Waals surface area contributed by atoms with Crippen LogP contribution in [0.3, 0.4) is 0 Å². The van der Waals surface area contributed by atoms with Gasteiger partial charge in [-0.3, -0.25) is 0 Å². The lowest BCUT2D eigenvalue weighted by molar-refractivity contribution is 0.416. The second-order valence-corrected chi connectivity index (χ2v) is 7.34. The maximum atomic E-state index is 14.5. The summed E-state index contributed by atoms with van der Waals surface area (Å²) in [6.45, 7) is 4.35. The Morgan fingerprint density at radius 3 is 2.65 bits per heavy atom. The van der Waals surface area contributed by atoms with E-state index in [9.17, 15) is 4.39 Å². The Labute approximate surface area is 157 Å². The van der Waals surface area contributed by atoms with Gasteiger partial charge in [-0.2, -0.15) is 10.1 Å². The molecule has 3 aromatic rings. The predicted molar refractivity (Wildman–Crippen MR) is 101 cm³/mol. The molecule has 26 heavy (non-hydrogen) atoms. The summed E-state index contributed by atoms with van der Waals surface area (Å²) in [5, 5.41) is 8.09. The van der Waals surface area contributed by atoms with Crippen LogP contribution in [0, 0.1) is 5.82 Å². The number of anilines is 1. The fourth-order valence-electron chi connectivity index (χ4n) is 3.52. The number of nitrogens with zero attached hydrogens (tertiary/aromatic N) is 3. The van der Waals surface area contributed by atoms with Gasteiger partial charge in [0, 0.05) is 10.6 Å². The van der Waals surface area contributed by atoms with Crippen LogP contribution in [0.25, 0.3) is 0 Å². The first-order valence-electron chi connectivity index (χ1n) is 8.74. The third-order valence-corrected chi connectivity index (χ3v) is 5.30. The highest BCUT2D eigenvalue weighted by molar-refractivity contribution is 6.31. The molecular weight excluding hydrogens is 351 g/mol. The molecule has 0 spiro atoms. The van der Waals surface area contributed by atoms with Gasteiger partial charge >= 0.3 is 0 Å². The van der Waals surface area contributed by atoms with Crippen LogP contribution in [0.4, 0.5) is 10.3 Å². The fourth-order valence-corrected chi connectivity index (χ4v) is 3.81. The van der Waals surface area contributed by atoms with Crippen molar-refractivity contribution in [3.8, 4) is 0 Å². The first-order valence-corrected chi connectivity index (χ1v) is 9.12. The van der Waals surface area contributed by atoms with E-state index in [1.807, 2.05) is 0 Å². The lowest BCUT2D eigenvalue weighted by Gasteiger charge is -2.32. The van der Waals surface area contributed by atoms with Crippen LogP contribution in [0.1, 0.15) is 55.0 Å². The molecule has 2 unspecified atom stereocenters. The number of halogens is 2. The van der Waals surface area contributed by atoms with E-state index in [0.717, 1.165) is 5.56 Å². The fraction of sp³-hybridized carbons (Fsp3) is 0.300. The molecule has 2 aromatic carbocycles. The average Bonchev–Trinajstić information content (AvgIpc) is 3.10. The molecule has 0 saturated heterocycles. The van der Waals surface area contributed by atoms with Crippen molar-refractivity contribution in [1.82, 2.24) is 14.8 Å². The minimum absolute atomic E-state index is 0.00795. The first kappa shape index (κ1) is 17.0. The van der Waals surface area contributed by atoms with Gasteiger partial charge in [0.2, 0.25) is 5.95 Å². The highest BCUT2D eigenvalue weighted by Crippen LogP contribution is 2.40. The summed E-state index contributed by atoms with van der Waals surface area (Å²) in [6, 6.07) is 13.0. The molecule has 1 aromatic heterocycles. The van der Waals surface area contributed by atoms with Crippen LogP contribution in [0.5, 0.6) is 0 Å². The van der Waals surface area contributed by atoms with E-state index in [1.165, 1.54) is 18.0 Å². The maximum Gasteiger partial charge on any atom is 0.222 e. The minimum atomic E-state index is -0.320. The van der Waals surface area contributed by atoms with Gasteiger partial charge in [0.05, 0.1) is 12.1 Å². The molecule has 1 aliphatic rings. The normalized spacial score (nSPS) is 19.3. The Balaban J connectivity index is 1.73. The van der Waals surface area contributed by atoms with Gasteiger partial charge in [0.1, 0.15) is 12.1 Å². The molecule has 2 atom stereocenters. The van der Waals surface area contributed by atoms with Crippen molar-refractivity contribution in [2.24, 2.45) is 0 Å². The lowest BCUT2D eigenvalue weighted by atomic mass is 9.91. The van der Waals surface area contributed by atoms with E-state index in [0.29, 0.717) is 28.9 Å². The molecular formula is C20H20ClFN4. The average molecular weight is 371 g/mol. The lowest BCUT2D eigenvalue weighted by Crippen LogP contribution is -2.28. The van der Waals surface area contributed by atoms with Crippen LogP contribution >= 0.6 is 11.6 Å². The van der Waals surface area contributed by atoms with Gasteiger partial charge < -0.3 is 5.32 Å². The van der Waals surface area contributed by atoms with Crippen LogP contribution < -0.4 is 5.32 Å². The Morgan fingerprint density at radius 2 is 1.96 bits per heavy atom. The summed E-state index contributed by atoms with van der Waals surface area (Å²) in [7, 11) is 0. The number of rotatable bonds is 3. The Kier molecular flexibility index (Phi) is 4.41. The highest BCUT2D eigenvalue weighted by Gasteiger charge is 2.32. The second kappa shape index (κ2) is 6.72. The summed E-state index contributed by atoms with van der Waals surface area (Å²) in [5.74, 6) is 0.787. The summed E-state index contributed by atoms with van der Waals surface area (Å²) in [5.41, 5.74) is 2.90. The highest BCUT2D eigenvalue weighted by atomic mass is 35.5. The summed E-state index contributed by atoms with van der Waals surface area (Å²) >= 11 is 6.32. The molecule has 0 bridgehead atoms. The van der Waals surface area contributed by atoms with Gasteiger partial charge in [-0.15, -0.1) is 0 Å². The number of nitrogens with one attached hydrogen (secondary N) is 1. The van der Waals surface area contributed by atoms with E-state index in [-0.39, 0.29) is 17.9 Å². The molecule has 0 amide bonds. The van der Waals surface area contributed by atoms with E-state index in [1.54, 1.807) is 16.8 Å². The van der Waals surface area contributed by atoms with E-state index in [2.05, 4.69) is 53.5 Å². The minimum Gasteiger partial charge on any atom is -0.348 e. The topological polar surface area (TPSA) is 42.7 Å². The molecule has 1 aliphatic heterocycles. The first-order chi connectivity index (χ1) is 12.5. The van der Waals surface area contributed by atoms with Crippen molar-refractivity contribution < 1.29 is 4.39 Å². The van der Waals surface area contributed by atoms with E-state index < -0.39 is 0 Å². The molecule has 0 fully saturated rings. The molecule has 0 aliphatic carbocycles. The van der Waals surface area contributed by atoms with Crippen LogP contribution in [-0.2, 0) is 0 Å². The van der Waals surface area contributed by atoms with E-state index in [4.69, 9.17) is 11.6 Å². The Bertz CT molecular complexity index is 900. The summed E-state index contributed by atoms with van der Waals surface area (Å²) in [4.78, 5) is 4.29. The maximum absolute atomic E-state index is 14.5. The Hall–Kier alpha value is -2.40. The van der Waals surface area contributed by atoms with Crippen LogP contribution in [0.15, 0.2) is 48.8 Å². The second-order valence-electron chi connectivity index (χ2n) is 6.93. The zero-order chi connectivity index (χ0) is 18.3. The Morgan fingerprint density at radius 1 is 1.19 bits per heavy atom. The third-order valence-electron chi connectivity index (χ3n) is 4.97. The van der Waals surface area contributed by atoms with Crippen molar-refractivity contribution in [3.05, 3.63) is 76.3 Å². The number of hydrogen-bond acceptors (Lipinski definition) is 3. The van der Waals surface area contributed by atoms with E-state index >= 15 is 0 Å². The standard InChI is InChI=1S/C20H20ClFN4/c1-12(2)13-6-8-14(9-7-13)17-10-18(26-20(25-17)23-11-24-26)19-15(21)4-3-5-16(19)22/h3-9,11-12,17-18H,10H2,1-2H3,(H,23,24,25). The molecule has 4 nitrogen and oxygen atoms in total. The van der Waals surface area contributed by atoms with Gasteiger partial charge in [0.15, 0.2) is 0 Å². The molecule has 6 heteroatoms. The van der Waals surface area contributed by atoms with Crippen molar-refractivity contribution in [3.63, 3.8) is 0 Å². The quantitative estimate of drug-likeness (QED) is 0.676. The monoisotopic (exact) mass is 370 g/mol. The number of hydrogen-bond donors (Lipinski definition) is 1. The molecule has 0 radical (unpaired) electrons. The predicted octanol–water partition coefficient (Wildman–Crippen LogP) is 5.34. The molecule has 0 saturated carbocycles. The zero-order valence-corrected chi connectivity index (χ0v) is 15.4. The van der Waals surface area contributed by atoms with Crippen molar-refractivity contribution in [2.75, 3.05) is 5.32 Å². The number of fused-ring (bicyclic) bond motifs is 1. The van der Waals surface area contributed by atoms with Crippen LogP contribution in [-0.4, -0.2) is 14.8 Å². The van der Waals surface area contributed by atoms with Gasteiger partial charge in [-0.1, -0.05) is 55.8 Å². The number of aromatic nitrogens is 3. The van der Waals surface area contributed by atoms with Gasteiger partial charge in [0.25, 0.3) is 0 Å². The largest absolute Gasteiger partial charge is 0.348 e. The van der Waals surface area contributed by atoms with Crippen molar-refractivity contribution >= 4 is 17.5 Å². The molecule has 4 rings (SSSR count). The van der Waals surface area contributed by atoms with Crippen molar-refractivity contribution in [2.45, 2.75) is 38.3 Å². The van der Waals surface area contributed by atoms with Crippen LogP contribution in [0.2, 0.25) is 5.02 Å². The SMILES string of the molecule is CC(C)c1ccc(C2CC(c3c(F)cccc3Cl)n3ncnc3N2)cc1. The number of benzene rings is 2. The smallest absolute Gasteiger partial charge is 0.222 e. The molecule has 1 N–H and O–H groups in total. The van der Waals surface area contributed by atoms with Crippen molar-refractivity contribution in [1.29, 1.82) is 0 Å². The van der Waals surface area contributed by atoms with Gasteiger partial charge in [-0.25, -0.2) is 9.07 Å². The summed E-state index contributed by atoms with van der Waals surface area (Å²) in [6.07, 6.45) is 2.12. The molecule has 134 valence electrons. The molecule has 2 heterocycles.